The van der Waals surface area contributed by atoms with Gasteiger partial charge >= 0.3 is 5.97 Å². The van der Waals surface area contributed by atoms with Gasteiger partial charge in [0.15, 0.2) is 0 Å². The van der Waals surface area contributed by atoms with Gasteiger partial charge in [-0.25, -0.2) is 4.79 Å². The van der Waals surface area contributed by atoms with Crippen molar-refractivity contribution < 1.29 is 14.7 Å². The Morgan fingerprint density at radius 2 is 2.25 bits per heavy atom. The van der Waals surface area contributed by atoms with E-state index in [9.17, 15) is 4.79 Å². The zero-order valence-electron chi connectivity index (χ0n) is 4.51. The predicted octanol–water partition coefficient (Wildman–Crippen LogP) is -0.0890. The molecule has 0 aromatic rings. The molecule has 4 heteroatoms. The third-order valence-corrected chi connectivity index (χ3v) is 0.472. The van der Waals surface area contributed by atoms with Gasteiger partial charge in [-0.05, 0) is 6.92 Å². The molecule has 0 aromatic heterocycles. The highest BCUT2D eigenvalue weighted by Crippen LogP contribution is 1.89. The van der Waals surface area contributed by atoms with Gasteiger partial charge in [-0.2, -0.15) is 5.90 Å². The van der Waals surface area contributed by atoms with Gasteiger partial charge in [0, 0.05) is 5.57 Å². The van der Waals surface area contributed by atoms with E-state index in [1.165, 1.54) is 6.92 Å². The van der Waals surface area contributed by atoms with Crippen molar-refractivity contribution in [1.82, 2.24) is 0 Å². The van der Waals surface area contributed by atoms with Crippen molar-refractivity contribution in [2.24, 2.45) is 5.90 Å². The van der Waals surface area contributed by atoms with Crippen molar-refractivity contribution in [2.45, 2.75) is 6.92 Å². The van der Waals surface area contributed by atoms with Gasteiger partial charge in [0.2, 0.25) is 0 Å². The fourth-order valence-corrected chi connectivity index (χ4v) is 0.115. The molecule has 0 amide bonds. The minimum atomic E-state index is -0.660. The van der Waals surface area contributed by atoms with Crippen LogP contribution < -0.4 is 5.90 Å². The van der Waals surface area contributed by atoms with E-state index < -0.39 is 5.97 Å². The molecule has 0 heterocycles. The van der Waals surface area contributed by atoms with E-state index in [1.54, 1.807) is 0 Å². The highest BCUT2D eigenvalue weighted by molar-refractivity contribution is 5.86. The van der Waals surface area contributed by atoms with Crippen LogP contribution >= 0.6 is 0 Å². The van der Waals surface area contributed by atoms with E-state index in [1.807, 2.05) is 0 Å². The van der Waals surface area contributed by atoms with E-state index in [4.69, 9.17) is 0 Å². The molecular formula is C4H7NO3. The third-order valence-electron chi connectivity index (χ3n) is 0.472. The zero-order chi connectivity index (χ0) is 6.57. The van der Waals surface area contributed by atoms with Gasteiger partial charge < -0.3 is 0 Å². The average Bonchev–Trinajstić information content (AvgIpc) is 1.67. The first-order chi connectivity index (χ1) is 3.68. The first kappa shape index (κ1) is 7.13. The zero-order valence-corrected chi connectivity index (χ0v) is 4.51. The molecule has 0 fully saturated rings. The van der Waals surface area contributed by atoms with E-state index in [0.29, 0.717) is 0 Å². The van der Waals surface area contributed by atoms with Crippen molar-refractivity contribution >= 4 is 5.97 Å². The molecule has 0 saturated carbocycles. The Hall–Kier alpha value is -0.870. The monoisotopic (exact) mass is 117 g/mol. The number of hydrogen-bond donors (Lipinski definition) is 1. The largest absolute Gasteiger partial charge is 0.370 e. The van der Waals surface area contributed by atoms with Crippen LogP contribution in [0.3, 0.4) is 0 Å². The van der Waals surface area contributed by atoms with E-state index >= 15 is 0 Å². The molecule has 0 radical (unpaired) electrons. The maximum absolute atomic E-state index is 10.2. The number of carbonyl (C=O) groups excluding carboxylic acids is 1. The lowest BCUT2D eigenvalue weighted by Gasteiger charge is -1.93. The summed E-state index contributed by atoms with van der Waals surface area (Å²) in [6, 6.07) is 0. The molecule has 2 N–H and O–H groups in total. The predicted molar refractivity (Wildman–Crippen MR) is 26.2 cm³/mol. The highest BCUT2D eigenvalue weighted by atomic mass is 17.3. The van der Waals surface area contributed by atoms with E-state index in [-0.39, 0.29) is 5.57 Å². The molecule has 0 aliphatic carbocycles. The number of carbonyl (C=O) groups is 1. The average molecular weight is 117 g/mol. The minimum Gasteiger partial charge on any atom is -0.275 e. The second-order valence-corrected chi connectivity index (χ2v) is 1.25. The Morgan fingerprint density at radius 3 is 2.38 bits per heavy atom. The normalized spacial score (nSPS) is 8.25. The lowest BCUT2D eigenvalue weighted by molar-refractivity contribution is -0.272. The van der Waals surface area contributed by atoms with Crippen LogP contribution in [0.25, 0.3) is 0 Å². The Bertz CT molecular complexity index is 110. The molecule has 0 spiro atoms. The summed E-state index contributed by atoms with van der Waals surface area (Å²) in [4.78, 5) is 17.6. The number of rotatable bonds is 2. The Kier molecular flexibility index (Phi) is 2.83. The number of hydrogen-bond acceptors (Lipinski definition) is 4. The summed E-state index contributed by atoms with van der Waals surface area (Å²) in [6.45, 7) is 4.75. The molecule has 0 unspecified atom stereocenters. The summed E-state index contributed by atoms with van der Waals surface area (Å²) in [5, 5.41) is 0. The van der Waals surface area contributed by atoms with Crippen LogP contribution in [0.4, 0.5) is 0 Å². The molecular weight excluding hydrogens is 110 g/mol. The highest BCUT2D eigenvalue weighted by Gasteiger charge is 2.00. The summed E-state index contributed by atoms with van der Waals surface area (Å²) >= 11 is 0. The van der Waals surface area contributed by atoms with Gasteiger partial charge in [0.1, 0.15) is 0 Å². The lowest BCUT2D eigenvalue weighted by atomic mass is 10.4. The summed E-state index contributed by atoms with van der Waals surface area (Å²) < 4.78 is 0. The van der Waals surface area contributed by atoms with Crippen molar-refractivity contribution in [3.63, 3.8) is 0 Å². The first-order valence-electron chi connectivity index (χ1n) is 1.91. The van der Waals surface area contributed by atoms with E-state index in [2.05, 4.69) is 22.4 Å². The van der Waals surface area contributed by atoms with Crippen molar-refractivity contribution in [2.75, 3.05) is 0 Å². The molecule has 0 aromatic carbocycles. The quantitative estimate of drug-likeness (QED) is 0.312. The van der Waals surface area contributed by atoms with Crippen LogP contribution in [0.1, 0.15) is 6.92 Å². The maximum Gasteiger partial charge on any atom is 0.370 e. The molecule has 8 heavy (non-hydrogen) atoms. The fourth-order valence-electron chi connectivity index (χ4n) is 0.115. The summed E-state index contributed by atoms with van der Waals surface area (Å²) in [5.74, 6) is 3.72. The second kappa shape index (κ2) is 3.17. The second-order valence-electron chi connectivity index (χ2n) is 1.25. The van der Waals surface area contributed by atoms with E-state index in [0.717, 1.165) is 0 Å². The SMILES string of the molecule is C=C(C)C(=O)OON. The van der Waals surface area contributed by atoms with Crippen LogP contribution in [0.2, 0.25) is 0 Å². The van der Waals surface area contributed by atoms with Crippen LogP contribution in [-0.4, -0.2) is 5.97 Å². The van der Waals surface area contributed by atoms with Crippen LogP contribution in [0.5, 0.6) is 0 Å². The first-order valence-corrected chi connectivity index (χ1v) is 1.91. The molecule has 4 nitrogen and oxygen atoms in total. The maximum atomic E-state index is 10.2. The Labute approximate surface area is 46.8 Å². The molecule has 0 saturated heterocycles. The standard InChI is InChI=1S/C4H7NO3/c1-3(2)4(6)7-8-5/h1,5H2,2H3. The van der Waals surface area contributed by atoms with Crippen LogP contribution in [0.15, 0.2) is 12.2 Å². The third kappa shape index (κ3) is 2.33. The molecule has 46 valence electrons. The summed E-state index contributed by atoms with van der Waals surface area (Å²) in [6.07, 6.45) is 0. The molecule has 0 aliphatic rings. The molecule has 0 rings (SSSR count). The van der Waals surface area contributed by atoms with Gasteiger partial charge in [-0.1, -0.05) is 11.6 Å². The Morgan fingerprint density at radius 1 is 1.75 bits per heavy atom. The molecule has 0 atom stereocenters. The van der Waals surface area contributed by atoms with Gasteiger partial charge in [0.25, 0.3) is 0 Å². The van der Waals surface area contributed by atoms with Crippen molar-refractivity contribution in [3.8, 4) is 0 Å². The minimum absolute atomic E-state index is 0.246. The topological polar surface area (TPSA) is 61.5 Å². The summed E-state index contributed by atoms with van der Waals surface area (Å²) in [5.41, 5.74) is 0.246. The molecule has 0 aliphatic heterocycles. The molecule has 0 bridgehead atoms. The smallest absolute Gasteiger partial charge is 0.275 e. The van der Waals surface area contributed by atoms with Gasteiger partial charge in [0.05, 0.1) is 0 Å². The van der Waals surface area contributed by atoms with Crippen molar-refractivity contribution in [3.05, 3.63) is 12.2 Å². The fraction of sp³-hybridized carbons (Fsp3) is 0.250. The van der Waals surface area contributed by atoms with Crippen LogP contribution in [0, 0.1) is 0 Å². The van der Waals surface area contributed by atoms with Crippen molar-refractivity contribution in [1.29, 1.82) is 0 Å². The summed E-state index contributed by atoms with van der Waals surface area (Å²) in [7, 11) is 0. The lowest BCUT2D eigenvalue weighted by Crippen LogP contribution is -2.09. The van der Waals surface area contributed by atoms with Gasteiger partial charge in [-0.3, -0.25) is 4.89 Å². The Balaban J connectivity index is 3.49. The van der Waals surface area contributed by atoms with Gasteiger partial charge in [-0.15, -0.1) is 0 Å². The van der Waals surface area contributed by atoms with Crippen LogP contribution in [-0.2, 0) is 14.7 Å². The number of nitrogens with two attached hydrogens (primary N) is 1.